The van der Waals surface area contributed by atoms with E-state index < -0.39 is 0 Å². The van der Waals surface area contributed by atoms with Gasteiger partial charge in [0.25, 0.3) is 0 Å². The lowest BCUT2D eigenvalue weighted by molar-refractivity contribution is 0.313. The smallest absolute Gasteiger partial charge is 0.244 e. The first-order valence-corrected chi connectivity index (χ1v) is 11.8. The van der Waals surface area contributed by atoms with E-state index >= 15 is 0 Å². The van der Waals surface area contributed by atoms with Crippen molar-refractivity contribution in [2.75, 3.05) is 25.1 Å². The highest BCUT2D eigenvalue weighted by Crippen LogP contribution is 2.30. The molecule has 0 aliphatic carbocycles. The van der Waals surface area contributed by atoms with Crippen LogP contribution in [-0.4, -0.2) is 54.1 Å². The van der Waals surface area contributed by atoms with Crippen LogP contribution in [0.15, 0.2) is 30.5 Å². The van der Waals surface area contributed by atoms with Gasteiger partial charge >= 0.3 is 0 Å². The molecule has 2 aliphatic heterocycles. The quantitative estimate of drug-likeness (QED) is 0.467. The molecule has 3 aromatic rings. The Bertz CT molecular complexity index is 1150. The van der Waals surface area contributed by atoms with Crippen LogP contribution in [0.25, 0.3) is 5.03 Å². The summed E-state index contributed by atoms with van der Waals surface area (Å²) in [5, 5.41) is 9.95. The Labute approximate surface area is 202 Å². The Hall–Kier alpha value is -2.78. The summed E-state index contributed by atoms with van der Waals surface area (Å²) < 4.78 is 10.5. The van der Waals surface area contributed by atoms with E-state index in [4.69, 9.17) is 38.2 Å². The highest BCUT2D eigenvalue weighted by Gasteiger charge is 2.26. The van der Waals surface area contributed by atoms with Gasteiger partial charge in [0.15, 0.2) is 11.6 Å². The van der Waals surface area contributed by atoms with Crippen LogP contribution < -0.4 is 9.64 Å². The van der Waals surface area contributed by atoms with Gasteiger partial charge in [0.1, 0.15) is 22.8 Å². The molecule has 0 radical (unpaired) electrons. The fraction of sp³-hybridized carbons (Fsp3) is 0.455. The standard InChI is InChI=1S/C22H26Cl2N8O/c1-15-30(24)14-18(23)21-25-19(27-32(15)21)9-10-20-26-22(29-11-3-4-12-29)28-31(20)13-16-5-7-17(33-2)8-6-16/h5-8,14-15H,3-4,9-13H2,1-2H3. The first kappa shape index (κ1) is 22.0. The van der Waals surface area contributed by atoms with Gasteiger partial charge in [0.05, 0.1) is 13.7 Å². The van der Waals surface area contributed by atoms with Gasteiger partial charge in [0.2, 0.25) is 5.95 Å². The number of methoxy groups -OCH3 is 1. The summed E-state index contributed by atoms with van der Waals surface area (Å²) in [6, 6.07) is 8.04. The van der Waals surface area contributed by atoms with Gasteiger partial charge in [-0.25, -0.2) is 14.3 Å². The van der Waals surface area contributed by atoms with E-state index in [1.54, 1.807) is 18.0 Å². The first-order valence-electron chi connectivity index (χ1n) is 11.1. The fourth-order valence-electron chi connectivity index (χ4n) is 4.13. The first-order chi connectivity index (χ1) is 16.0. The van der Waals surface area contributed by atoms with Crippen LogP contribution >= 0.6 is 23.4 Å². The zero-order valence-electron chi connectivity index (χ0n) is 18.7. The molecule has 0 amide bonds. The van der Waals surface area contributed by atoms with Gasteiger partial charge < -0.3 is 9.64 Å². The molecule has 1 aromatic carbocycles. The predicted molar refractivity (Wildman–Crippen MR) is 127 cm³/mol. The lowest BCUT2D eigenvalue weighted by Crippen LogP contribution is -2.24. The van der Waals surface area contributed by atoms with Crippen molar-refractivity contribution in [2.45, 2.75) is 45.3 Å². The maximum Gasteiger partial charge on any atom is 0.244 e. The molecule has 0 spiro atoms. The van der Waals surface area contributed by atoms with Crippen molar-refractivity contribution < 1.29 is 4.74 Å². The number of hydrogen-bond donors (Lipinski definition) is 0. The fourth-order valence-corrected chi connectivity index (χ4v) is 4.59. The Morgan fingerprint density at radius 3 is 2.55 bits per heavy atom. The average molecular weight is 489 g/mol. The summed E-state index contributed by atoms with van der Waals surface area (Å²) in [5.41, 5.74) is 1.14. The number of benzene rings is 1. The summed E-state index contributed by atoms with van der Waals surface area (Å²) in [5.74, 6) is 3.88. The van der Waals surface area contributed by atoms with E-state index in [1.165, 1.54) is 17.3 Å². The molecule has 0 N–H and O–H groups in total. The van der Waals surface area contributed by atoms with E-state index in [2.05, 4.69) is 27.1 Å². The summed E-state index contributed by atoms with van der Waals surface area (Å²) in [4.78, 5) is 11.8. The second-order valence-electron chi connectivity index (χ2n) is 8.28. The normalized spacial score (nSPS) is 17.9. The van der Waals surface area contributed by atoms with E-state index in [1.807, 2.05) is 23.7 Å². The van der Waals surface area contributed by atoms with E-state index in [9.17, 15) is 0 Å². The number of rotatable bonds is 7. The van der Waals surface area contributed by atoms with E-state index in [-0.39, 0.29) is 6.17 Å². The van der Waals surface area contributed by atoms with Crippen LogP contribution in [0.2, 0.25) is 0 Å². The van der Waals surface area contributed by atoms with Crippen molar-refractivity contribution in [2.24, 2.45) is 0 Å². The van der Waals surface area contributed by atoms with Crippen molar-refractivity contribution in [3.63, 3.8) is 0 Å². The number of hydrogen-bond acceptors (Lipinski definition) is 7. The van der Waals surface area contributed by atoms with E-state index in [0.717, 1.165) is 36.2 Å². The van der Waals surface area contributed by atoms with Crippen molar-refractivity contribution in [1.82, 2.24) is 33.9 Å². The van der Waals surface area contributed by atoms with Crippen LogP contribution in [0.3, 0.4) is 0 Å². The molecule has 11 heteroatoms. The molecule has 0 bridgehead atoms. The molecule has 2 aromatic heterocycles. The number of ether oxygens (including phenoxy) is 1. The number of nitrogens with zero attached hydrogens (tertiary/aromatic N) is 8. The molecule has 174 valence electrons. The van der Waals surface area contributed by atoms with Gasteiger partial charge in [0, 0.05) is 43.9 Å². The molecular formula is C22H26Cl2N8O. The lowest BCUT2D eigenvalue weighted by atomic mass is 10.2. The predicted octanol–water partition coefficient (Wildman–Crippen LogP) is 3.84. The maximum atomic E-state index is 6.32. The Morgan fingerprint density at radius 2 is 1.82 bits per heavy atom. The van der Waals surface area contributed by atoms with E-state index in [0.29, 0.717) is 36.1 Å². The SMILES string of the molecule is COc1ccc(Cn2nc(N3CCCC3)nc2CCc2nc3n(n2)C(C)N(Cl)C=C3Cl)cc1. The van der Waals surface area contributed by atoms with Crippen LogP contribution in [-0.2, 0) is 19.4 Å². The molecule has 0 saturated carbocycles. The van der Waals surface area contributed by atoms with Crippen LogP contribution in [0.4, 0.5) is 5.95 Å². The number of fused-ring (bicyclic) bond motifs is 1. The lowest BCUT2D eigenvalue weighted by Gasteiger charge is -2.25. The Morgan fingerprint density at radius 1 is 1.06 bits per heavy atom. The minimum atomic E-state index is -0.161. The van der Waals surface area contributed by atoms with Crippen LogP contribution in [0.1, 0.15) is 49.0 Å². The van der Waals surface area contributed by atoms with Gasteiger partial charge in [-0.05, 0) is 37.5 Å². The molecule has 1 atom stereocenters. The third-order valence-corrected chi connectivity index (χ3v) is 6.67. The van der Waals surface area contributed by atoms with Gasteiger partial charge in [-0.1, -0.05) is 23.7 Å². The minimum absolute atomic E-state index is 0.161. The topological polar surface area (TPSA) is 77.1 Å². The van der Waals surface area contributed by atoms with Gasteiger partial charge in [-0.15, -0.1) is 5.10 Å². The number of aryl methyl sites for hydroxylation is 2. The molecule has 4 heterocycles. The molecular weight excluding hydrogens is 463 g/mol. The zero-order valence-corrected chi connectivity index (χ0v) is 20.2. The number of anilines is 1. The maximum absolute atomic E-state index is 6.32. The highest BCUT2D eigenvalue weighted by atomic mass is 35.5. The monoisotopic (exact) mass is 488 g/mol. The minimum Gasteiger partial charge on any atom is -0.497 e. The third-order valence-electron chi connectivity index (χ3n) is 6.03. The molecule has 1 unspecified atom stereocenters. The second-order valence-corrected chi connectivity index (χ2v) is 9.07. The molecule has 9 nitrogen and oxygen atoms in total. The van der Waals surface area contributed by atoms with Crippen molar-refractivity contribution in [1.29, 1.82) is 0 Å². The number of aromatic nitrogens is 6. The highest BCUT2D eigenvalue weighted by molar-refractivity contribution is 6.48. The van der Waals surface area contributed by atoms with Crippen LogP contribution in [0.5, 0.6) is 5.75 Å². The summed E-state index contributed by atoms with van der Waals surface area (Å²) in [6.07, 6.45) is 5.15. The van der Waals surface area contributed by atoms with Crippen molar-refractivity contribution in [3.05, 3.63) is 53.5 Å². The Kier molecular flexibility index (Phi) is 6.16. The summed E-state index contributed by atoms with van der Waals surface area (Å²) >= 11 is 12.5. The Balaban J connectivity index is 1.37. The van der Waals surface area contributed by atoms with Crippen LogP contribution in [0, 0.1) is 0 Å². The van der Waals surface area contributed by atoms with Gasteiger partial charge in [-0.3, -0.25) is 4.42 Å². The zero-order chi connectivity index (χ0) is 22.9. The number of halogens is 2. The molecule has 5 rings (SSSR count). The summed E-state index contributed by atoms with van der Waals surface area (Å²) in [7, 11) is 1.67. The molecule has 2 aliphatic rings. The second kappa shape index (κ2) is 9.23. The van der Waals surface area contributed by atoms with Crippen molar-refractivity contribution >= 4 is 34.4 Å². The molecule has 1 saturated heterocycles. The largest absolute Gasteiger partial charge is 0.497 e. The average Bonchev–Trinajstić information content (AvgIpc) is 3.56. The van der Waals surface area contributed by atoms with Crippen molar-refractivity contribution in [3.8, 4) is 5.75 Å². The molecule has 33 heavy (non-hydrogen) atoms. The molecule has 1 fully saturated rings. The third kappa shape index (κ3) is 4.52. The van der Waals surface area contributed by atoms with Gasteiger partial charge in [-0.2, -0.15) is 10.1 Å². The summed E-state index contributed by atoms with van der Waals surface area (Å²) in [6.45, 7) is 4.58.